The molecule has 180 valence electrons. The number of nitrogens with one attached hydrogen (secondary N) is 1. The first-order valence-electron chi connectivity index (χ1n) is 9.48. The van der Waals surface area contributed by atoms with Gasteiger partial charge in [-0.1, -0.05) is 12.1 Å². The lowest BCUT2D eigenvalue weighted by atomic mass is 10.0. The standard InChI is InChI=1S/C19H18N4O11/c24-11-3-1-10(2-4-11)7-12(19(29)30)20-18(28)13(5-6-16(25)26)21-8-14(22(31)32)17(27)15(9-21)23(33)34/h1-4,8-9,12-13,24H,5-7H2,(H,20,28)(H,25,26)(H,29,30)/t12-,13+/m1/s1. The first-order valence-corrected chi connectivity index (χ1v) is 9.48. The minimum Gasteiger partial charge on any atom is -0.508 e. The molecule has 0 aliphatic rings. The Labute approximate surface area is 189 Å². The quantitative estimate of drug-likeness (QED) is 0.258. The molecular weight excluding hydrogens is 460 g/mol. The predicted molar refractivity (Wildman–Crippen MR) is 111 cm³/mol. The van der Waals surface area contributed by atoms with Gasteiger partial charge >= 0.3 is 28.7 Å². The molecule has 15 heteroatoms. The molecule has 34 heavy (non-hydrogen) atoms. The molecule has 1 amide bonds. The minimum atomic E-state index is -1.63. The van der Waals surface area contributed by atoms with Gasteiger partial charge in [-0.2, -0.15) is 0 Å². The van der Waals surface area contributed by atoms with E-state index < -0.39 is 69.4 Å². The summed E-state index contributed by atoms with van der Waals surface area (Å²) in [6, 6.07) is 2.25. The number of rotatable bonds is 11. The summed E-state index contributed by atoms with van der Waals surface area (Å²) in [5.74, 6) is -3.99. The summed E-state index contributed by atoms with van der Waals surface area (Å²) in [6.45, 7) is 0. The van der Waals surface area contributed by atoms with Crippen molar-refractivity contribution in [3.8, 4) is 5.75 Å². The molecule has 2 aromatic rings. The van der Waals surface area contributed by atoms with E-state index in [1.54, 1.807) is 0 Å². The maximum absolute atomic E-state index is 12.9. The Morgan fingerprint density at radius 2 is 1.53 bits per heavy atom. The van der Waals surface area contributed by atoms with E-state index in [0.717, 1.165) is 0 Å². The molecule has 2 rings (SSSR count). The highest BCUT2D eigenvalue weighted by atomic mass is 16.6. The lowest BCUT2D eigenvalue weighted by Crippen LogP contribution is -2.45. The number of hydrogen-bond donors (Lipinski definition) is 4. The number of phenolic OH excluding ortho intramolecular Hbond substituents is 1. The Balaban J connectivity index is 2.45. The molecule has 0 aliphatic carbocycles. The number of benzene rings is 1. The average Bonchev–Trinajstić information content (AvgIpc) is 2.74. The number of carboxylic acid groups (broad SMARTS) is 2. The SMILES string of the molecule is O=C(O)CC[C@@H](C(=O)N[C@H](Cc1ccc(O)cc1)C(=O)O)n1cc([N+](=O)[O-])c(=O)c([N+](=O)[O-])c1. The van der Waals surface area contributed by atoms with Crippen LogP contribution in [0.2, 0.25) is 0 Å². The predicted octanol–water partition coefficient (Wildman–Crippen LogP) is 0.588. The number of carboxylic acids is 2. The smallest absolute Gasteiger partial charge is 0.339 e. The van der Waals surface area contributed by atoms with Crippen molar-refractivity contribution in [1.82, 2.24) is 9.88 Å². The fourth-order valence-corrected chi connectivity index (χ4v) is 3.02. The lowest BCUT2D eigenvalue weighted by molar-refractivity contribution is -0.397. The van der Waals surface area contributed by atoms with Crippen molar-refractivity contribution in [3.63, 3.8) is 0 Å². The van der Waals surface area contributed by atoms with Crippen LogP contribution in [0.1, 0.15) is 24.4 Å². The number of aromatic hydroxyl groups is 1. The highest BCUT2D eigenvalue weighted by molar-refractivity contribution is 5.86. The van der Waals surface area contributed by atoms with Crippen LogP contribution in [0.4, 0.5) is 11.4 Å². The van der Waals surface area contributed by atoms with Gasteiger partial charge in [-0.15, -0.1) is 0 Å². The van der Waals surface area contributed by atoms with Crippen molar-refractivity contribution in [1.29, 1.82) is 0 Å². The van der Waals surface area contributed by atoms with E-state index in [0.29, 0.717) is 22.5 Å². The van der Waals surface area contributed by atoms with Crippen molar-refractivity contribution in [3.05, 3.63) is 72.7 Å². The number of phenols is 1. The van der Waals surface area contributed by atoms with Gasteiger partial charge in [0.05, 0.1) is 22.2 Å². The summed E-state index contributed by atoms with van der Waals surface area (Å²) in [5.41, 5.74) is -3.54. The summed E-state index contributed by atoms with van der Waals surface area (Å²) in [7, 11) is 0. The van der Waals surface area contributed by atoms with Crippen molar-refractivity contribution >= 4 is 29.2 Å². The zero-order valence-corrected chi connectivity index (χ0v) is 17.2. The van der Waals surface area contributed by atoms with Gasteiger partial charge < -0.3 is 25.2 Å². The van der Waals surface area contributed by atoms with Crippen molar-refractivity contribution in [2.45, 2.75) is 31.3 Å². The highest BCUT2D eigenvalue weighted by Gasteiger charge is 2.31. The van der Waals surface area contributed by atoms with Crippen LogP contribution in [0.25, 0.3) is 0 Å². The number of hydrogen-bond acceptors (Lipinski definition) is 9. The van der Waals surface area contributed by atoms with E-state index in [-0.39, 0.29) is 12.2 Å². The summed E-state index contributed by atoms with van der Waals surface area (Å²) in [4.78, 5) is 67.6. The third kappa shape index (κ3) is 6.35. The van der Waals surface area contributed by atoms with E-state index >= 15 is 0 Å². The number of aromatic nitrogens is 1. The maximum Gasteiger partial charge on any atom is 0.339 e. The number of amides is 1. The fraction of sp³-hybridized carbons (Fsp3) is 0.263. The van der Waals surface area contributed by atoms with Gasteiger partial charge in [0.1, 0.15) is 17.8 Å². The Morgan fingerprint density at radius 1 is 1.00 bits per heavy atom. The fourth-order valence-electron chi connectivity index (χ4n) is 3.02. The molecule has 0 unspecified atom stereocenters. The Bertz CT molecular complexity index is 1150. The molecule has 0 radical (unpaired) electrons. The van der Waals surface area contributed by atoms with Crippen LogP contribution in [0.5, 0.6) is 5.75 Å². The van der Waals surface area contributed by atoms with Crippen LogP contribution in [-0.4, -0.2) is 53.6 Å². The second kappa shape index (κ2) is 10.7. The maximum atomic E-state index is 12.9. The van der Waals surface area contributed by atoms with Gasteiger partial charge in [-0.3, -0.25) is 34.6 Å². The zero-order valence-electron chi connectivity index (χ0n) is 17.2. The average molecular weight is 478 g/mol. The van der Waals surface area contributed by atoms with Gasteiger partial charge in [0.15, 0.2) is 0 Å². The van der Waals surface area contributed by atoms with Gasteiger partial charge in [0.2, 0.25) is 5.91 Å². The van der Waals surface area contributed by atoms with Gasteiger partial charge in [-0.25, -0.2) is 4.79 Å². The number of nitro groups is 2. The van der Waals surface area contributed by atoms with E-state index in [1.807, 2.05) is 0 Å². The largest absolute Gasteiger partial charge is 0.508 e. The molecular formula is C19H18N4O11. The minimum absolute atomic E-state index is 0.0743. The monoisotopic (exact) mass is 478 g/mol. The topological polar surface area (TPSA) is 232 Å². The van der Waals surface area contributed by atoms with E-state index in [2.05, 4.69) is 5.32 Å². The van der Waals surface area contributed by atoms with Crippen molar-refractivity contribution < 1.29 is 39.5 Å². The third-order valence-corrected chi connectivity index (χ3v) is 4.69. The molecule has 2 atom stereocenters. The van der Waals surface area contributed by atoms with Crippen molar-refractivity contribution in [2.75, 3.05) is 0 Å². The summed E-state index contributed by atoms with van der Waals surface area (Å²) < 4.78 is 0.648. The zero-order chi connectivity index (χ0) is 25.6. The van der Waals surface area contributed by atoms with E-state index in [1.165, 1.54) is 24.3 Å². The van der Waals surface area contributed by atoms with Crippen LogP contribution < -0.4 is 10.7 Å². The van der Waals surface area contributed by atoms with Crippen LogP contribution in [0.3, 0.4) is 0 Å². The van der Waals surface area contributed by atoms with Crippen LogP contribution >= 0.6 is 0 Å². The molecule has 1 aromatic carbocycles. The van der Waals surface area contributed by atoms with Crippen LogP contribution in [0, 0.1) is 20.2 Å². The lowest BCUT2D eigenvalue weighted by Gasteiger charge is -2.22. The molecule has 4 N–H and O–H groups in total. The molecule has 0 aliphatic heterocycles. The van der Waals surface area contributed by atoms with Crippen molar-refractivity contribution in [2.24, 2.45) is 0 Å². The third-order valence-electron chi connectivity index (χ3n) is 4.69. The Morgan fingerprint density at radius 3 is 1.97 bits per heavy atom. The number of carbonyl (C=O) groups is 3. The Kier molecular flexibility index (Phi) is 7.98. The normalized spacial score (nSPS) is 12.4. The van der Waals surface area contributed by atoms with E-state index in [4.69, 9.17) is 5.11 Å². The summed E-state index contributed by atoms with van der Waals surface area (Å²) >= 11 is 0. The highest BCUT2D eigenvalue weighted by Crippen LogP contribution is 2.21. The number of pyridine rings is 1. The molecule has 0 spiro atoms. The molecule has 15 nitrogen and oxygen atoms in total. The first kappa shape index (κ1) is 25.4. The molecule has 1 heterocycles. The van der Waals surface area contributed by atoms with Gasteiger partial charge in [-0.05, 0) is 24.1 Å². The molecule has 0 saturated carbocycles. The van der Waals surface area contributed by atoms with Gasteiger partial charge in [0, 0.05) is 12.8 Å². The molecule has 0 fully saturated rings. The Hall–Kier alpha value is -4.82. The van der Waals surface area contributed by atoms with Crippen LogP contribution in [-0.2, 0) is 20.8 Å². The van der Waals surface area contributed by atoms with Gasteiger partial charge in [0.25, 0.3) is 0 Å². The molecule has 0 bridgehead atoms. The number of nitrogens with zero attached hydrogens (tertiary/aromatic N) is 3. The number of carbonyl (C=O) groups excluding carboxylic acids is 1. The first-order chi connectivity index (χ1) is 15.9. The number of aliphatic carboxylic acids is 2. The molecule has 0 saturated heterocycles. The summed E-state index contributed by atoms with van der Waals surface area (Å²) in [5, 5.41) is 52.4. The summed E-state index contributed by atoms with van der Waals surface area (Å²) in [6.07, 6.45) is -0.308. The molecule has 1 aromatic heterocycles. The second-order valence-corrected chi connectivity index (χ2v) is 7.04. The van der Waals surface area contributed by atoms with Crippen LogP contribution in [0.15, 0.2) is 41.5 Å². The second-order valence-electron chi connectivity index (χ2n) is 7.04. The van der Waals surface area contributed by atoms with E-state index in [9.17, 15) is 49.6 Å².